The van der Waals surface area contributed by atoms with Gasteiger partial charge in [0, 0.05) is 18.0 Å². The van der Waals surface area contributed by atoms with Crippen LogP contribution in [0.5, 0.6) is 0 Å². The van der Waals surface area contributed by atoms with Gasteiger partial charge in [-0.1, -0.05) is 61.5 Å². The van der Waals surface area contributed by atoms with Gasteiger partial charge in [-0.05, 0) is 52.6 Å². The lowest BCUT2D eigenvalue weighted by Gasteiger charge is -2.25. The molecule has 0 aliphatic carbocycles. The summed E-state index contributed by atoms with van der Waals surface area (Å²) in [5.41, 5.74) is 7.41. The van der Waals surface area contributed by atoms with Crippen LogP contribution in [0.15, 0.2) is 60.7 Å². The Bertz CT molecular complexity index is 1410. The zero-order chi connectivity index (χ0) is 24.4. The Kier molecular flexibility index (Phi) is 6.37. The third kappa shape index (κ3) is 4.44. The number of aromatic amines is 1. The molecule has 0 aliphatic rings. The molecule has 3 aromatic heterocycles. The number of H-pyrrole nitrogens is 1. The monoisotopic (exact) mass is 467 g/mol. The summed E-state index contributed by atoms with van der Waals surface area (Å²) in [6.45, 7) is 6.86. The van der Waals surface area contributed by atoms with E-state index in [1.165, 1.54) is 0 Å². The number of aliphatic hydroxyl groups excluding tert-OH is 1. The summed E-state index contributed by atoms with van der Waals surface area (Å²) in [5, 5.41) is 24.7. The fraction of sp³-hybridized carbons (Fsp3) is 0.296. The number of rotatable bonds is 8. The molecule has 0 bridgehead atoms. The van der Waals surface area contributed by atoms with Crippen molar-refractivity contribution in [2.45, 2.75) is 45.6 Å². The van der Waals surface area contributed by atoms with Crippen LogP contribution in [0.4, 0.5) is 0 Å². The van der Waals surface area contributed by atoms with E-state index in [2.05, 4.69) is 81.5 Å². The quantitative estimate of drug-likeness (QED) is 0.356. The summed E-state index contributed by atoms with van der Waals surface area (Å²) >= 11 is 0. The first-order chi connectivity index (χ1) is 17.1. The van der Waals surface area contributed by atoms with Crippen LogP contribution < -0.4 is 0 Å². The molecule has 35 heavy (non-hydrogen) atoms. The maximum absolute atomic E-state index is 10.3. The van der Waals surface area contributed by atoms with Crippen LogP contribution in [0.25, 0.3) is 11.2 Å². The topological polar surface area (TPSA) is 105 Å². The Hall–Kier alpha value is -3.91. The molecule has 2 N–H and O–H groups in total. The number of pyridine rings is 1. The predicted molar refractivity (Wildman–Crippen MR) is 134 cm³/mol. The summed E-state index contributed by atoms with van der Waals surface area (Å²) in [5.74, 6) is 1.21. The lowest BCUT2D eigenvalue weighted by Crippen LogP contribution is -2.18. The molecule has 0 saturated carbocycles. The van der Waals surface area contributed by atoms with Crippen LogP contribution in [-0.2, 0) is 13.0 Å². The first-order valence-electron chi connectivity index (χ1n) is 11.9. The maximum Gasteiger partial charge on any atom is 0.160 e. The second-order valence-electron chi connectivity index (χ2n) is 8.93. The molecule has 8 heteroatoms. The van der Waals surface area contributed by atoms with E-state index in [-0.39, 0.29) is 18.4 Å². The third-order valence-corrected chi connectivity index (χ3v) is 6.57. The Morgan fingerprint density at radius 3 is 2.37 bits per heavy atom. The summed E-state index contributed by atoms with van der Waals surface area (Å²) in [6, 6.07) is 20.8. The second-order valence-corrected chi connectivity index (χ2v) is 8.93. The van der Waals surface area contributed by atoms with Gasteiger partial charge in [0.2, 0.25) is 0 Å². The largest absolute Gasteiger partial charge is 0.396 e. The van der Waals surface area contributed by atoms with Crippen molar-refractivity contribution in [3.8, 4) is 0 Å². The SMILES string of the molecule is CCc1nc2c(C)cc(C)nc2n1Cc1ccc(C(c2ccccc2)C(CO)c2nnn[nH]2)cc1. The number of tetrazole rings is 1. The lowest BCUT2D eigenvalue weighted by molar-refractivity contribution is 0.250. The van der Waals surface area contributed by atoms with E-state index < -0.39 is 0 Å². The van der Waals surface area contributed by atoms with E-state index in [4.69, 9.17) is 9.97 Å². The number of imidazole rings is 1. The van der Waals surface area contributed by atoms with Gasteiger partial charge < -0.3 is 9.67 Å². The molecule has 5 rings (SSSR count). The van der Waals surface area contributed by atoms with Crippen molar-refractivity contribution in [1.29, 1.82) is 0 Å². The summed E-state index contributed by atoms with van der Waals surface area (Å²) in [6.07, 6.45) is 0.840. The molecular weight excluding hydrogens is 438 g/mol. The van der Waals surface area contributed by atoms with Gasteiger partial charge in [-0.25, -0.2) is 15.1 Å². The Morgan fingerprint density at radius 2 is 1.71 bits per heavy atom. The average molecular weight is 468 g/mol. The Morgan fingerprint density at radius 1 is 0.971 bits per heavy atom. The molecule has 2 unspecified atom stereocenters. The molecule has 3 heterocycles. The number of aryl methyl sites for hydroxylation is 3. The van der Waals surface area contributed by atoms with Crippen LogP contribution in [-0.4, -0.2) is 46.9 Å². The fourth-order valence-corrected chi connectivity index (χ4v) is 4.89. The molecule has 0 saturated heterocycles. The highest BCUT2D eigenvalue weighted by Crippen LogP contribution is 2.37. The smallest absolute Gasteiger partial charge is 0.160 e. The number of hydrogen-bond acceptors (Lipinski definition) is 6. The number of benzene rings is 2. The van der Waals surface area contributed by atoms with Gasteiger partial charge in [0.15, 0.2) is 11.5 Å². The highest BCUT2D eigenvalue weighted by Gasteiger charge is 2.28. The molecule has 8 nitrogen and oxygen atoms in total. The summed E-state index contributed by atoms with van der Waals surface area (Å²) in [7, 11) is 0. The number of aromatic nitrogens is 7. The minimum absolute atomic E-state index is 0.0799. The van der Waals surface area contributed by atoms with E-state index in [9.17, 15) is 5.11 Å². The van der Waals surface area contributed by atoms with Crippen molar-refractivity contribution in [2.24, 2.45) is 0 Å². The Balaban J connectivity index is 1.51. The van der Waals surface area contributed by atoms with Crippen LogP contribution in [0, 0.1) is 13.8 Å². The predicted octanol–water partition coefficient (Wildman–Crippen LogP) is 4.08. The zero-order valence-corrected chi connectivity index (χ0v) is 20.2. The minimum Gasteiger partial charge on any atom is -0.396 e. The first kappa shape index (κ1) is 22.9. The van der Waals surface area contributed by atoms with Crippen molar-refractivity contribution < 1.29 is 5.11 Å². The van der Waals surface area contributed by atoms with Crippen molar-refractivity contribution >= 4 is 11.2 Å². The van der Waals surface area contributed by atoms with Crippen LogP contribution >= 0.6 is 0 Å². The molecule has 178 valence electrons. The Labute approximate surface area is 204 Å². The summed E-state index contributed by atoms with van der Waals surface area (Å²) in [4.78, 5) is 9.67. The molecule has 0 amide bonds. The lowest BCUT2D eigenvalue weighted by atomic mass is 9.80. The summed E-state index contributed by atoms with van der Waals surface area (Å²) < 4.78 is 2.22. The van der Waals surface area contributed by atoms with Crippen molar-refractivity contribution in [2.75, 3.05) is 6.61 Å². The number of nitrogens with zero attached hydrogens (tertiary/aromatic N) is 6. The number of fused-ring (bicyclic) bond motifs is 1. The molecular formula is C27H29N7O. The second kappa shape index (κ2) is 9.76. The zero-order valence-electron chi connectivity index (χ0n) is 20.2. The third-order valence-electron chi connectivity index (χ3n) is 6.57. The van der Waals surface area contributed by atoms with E-state index in [0.717, 1.165) is 51.4 Å². The standard InChI is InChI=1S/C27H29N7O/c1-4-23-29-25-17(2)14-18(3)28-27(25)34(23)15-19-10-12-21(13-11-19)24(20-8-6-5-7-9-20)22(16-35)26-30-32-33-31-26/h5-14,22,24,35H,4,15-16H2,1-3H3,(H,30,31,32,33). The van der Waals surface area contributed by atoms with Gasteiger partial charge in [0.1, 0.15) is 11.3 Å². The van der Waals surface area contributed by atoms with Gasteiger partial charge in [-0.15, -0.1) is 5.10 Å². The van der Waals surface area contributed by atoms with Gasteiger partial charge in [0.05, 0.1) is 19.1 Å². The van der Waals surface area contributed by atoms with Crippen LogP contribution in [0.3, 0.4) is 0 Å². The molecule has 0 fully saturated rings. The van der Waals surface area contributed by atoms with Crippen LogP contribution in [0.1, 0.15) is 58.4 Å². The van der Waals surface area contributed by atoms with Gasteiger partial charge in [-0.2, -0.15) is 0 Å². The van der Waals surface area contributed by atoms with Crippen molar-refractivity contribution in [3.63, 3.8) is 0 Å². The number of aliphatic hydroxyl groups is 1. The van der Waals surface area contributed by atoms with Gasteiger partial charge in [0.25, 0.3) is 0 Å². The molecule has 2 aromatic carbocycles. The number of hydrogen-bond donors (Lipinski definition) is 2. The highest BCUT2D eigenvalue weighted by atomic mass is 16.3. The van der Waals surface area contributed by atoms with Gasteiger partial charge in [-0.3, -0.25) is 0 Å². The van der Waals surface area contributed by atoms with Crippen molar-refractivity contribution in [1.82, 2.24) is 35.2 Å². The minimum atomic E-state index is -0.294. The first-order valence-corrected chi connectivity index (χ1v) is 11.9. The van der Waals surface area contributed by atoms with E-state index >= 15 is 0 Å². The molecule has 0 spiro atoms. The number of nitrogens with one attached hydrogen (secondary N) is 1. The van der Waals surface area contributed by atoms with Gasteiger partial charge >= 0.3 is 0 Å². The van der Waals surface area contributed by atoms with E-state index in [0.29, 0.717) is 12.4 Å². The van der Waals surface area contributed by atoms with E-state index in [1.54, 1.807) is 0 Å². The molecule has 2 atom stereocenters. The molecule has 0 aliphatic heterocycles. The van der Waals surface area contributed by atoms with E-state index in [1.807, 2.05) is 25.1 Å². The molecule has 0 radical (unpaired) electrons. The maximum atomic E-state index is 10.3. The fourth-order valence-electron chi connectivity index (χ4n) is 4.89. The molecule has 5 aromatic rings. The highest BCUT2D eigenvalue weighted by molar-refractivity contribution is 5.76. The van der Waals surface area contributed by atoms with Crippen molar-refractivity contribution in [3.05, 3.63) is 100 Å². The normalized spacial score (nSPS) is 13.3. The van der Waals surface area contributed by atoms with Crippen LogP contribution in [0.2, 0.25) is 0 Å². The average Bonchev–Trinajstić information content (AvgIpc) is 3.52.